The highest BCUT2D eigenvalue weighted by molar-refractivity contribution is 6.55. The summed E-state index contributed by atoms with van der Waals surface area (Å²) in [7, 11) is 9.61. The van der Waals surface area contributed by atoms with E-state index in [0.29, 0.717) is 11.1 Å². The highest BCUT2D eigenvalue weighted by atomic mass is 16.5. The lowest BCUT2D eigenvalue weighted by molar-refractivity contribution is 0.164. The lowest BCUT2D eigenvalue weighted by Gasteiger charge is -2.08. The molecule has 0 bridgehead atoms. The first-order valence-electron chi connectivity index (χ1n) is 4.64. The van der Waals surface area contributed by atoms with Crippen molar-refractivity contribution < 1.29 is 24.2 Å². The molecule has 0 unspecified atom stereocenters. The van der Waals surface area contributed by atoms with E-state index in [0.717, 1.165) is 0 Å². The standard InChI is InChI=1S/C10H8B2O5/c11-9(14)16-4-6-1-2-8(13)7(3-6)5-17-10(12)15/h1-3,13H,4-5H2. The van der Waals surface area contributed by atoms with Gasteiger partial charge in [-0.25, -0.2) is 0 Å². The zero-order valence-electron chi connectivity index (χ0n) is 8.88. The average molecular weight is 230 g/mol. The van der Waals surface area contributed by atoms with Crippen LogP contribution in [0.15, 0.2) is 18.2 Å². The number of benzene rings is 1. The lowest BCUT2D eigenvalue weighted by atomic mass is 10.1. The summed E-state index contributed by atoms with van der Waals surface area (Å²) in [6, 6.07) is 4.45. The van der Waals surface area contributed by atoms with E-state index < -0.39 is 11.7 Å². The topological polar surface area (TPSA) is 72.8 Å². The molecular formula is C10H8B2O5. The van der Waals surface area contributed by atoms with Crippen molar-refractivity contribution in [1.82, 2.24) is 0 Å². The Bertz CT molecular complexity index is 433. The number of phenols is 1. The summed E-state index contributed by atoms with van der Waals surface area (Å²) in [6.07, 6.45) is 0. The lowest BCUT2D eigenvalue weighted by Crippen LogP contribution is -2.03. The maximum Gasteiger partial charge on any atom is 0.236 e. The fraction of sp³-hybridized carbons (Fsp3) is 0.200. The predicted octanol–water partition coefficient (Wildman–Crippen LogP) is 1.00. The minimum Gasteiger partial charge on any atom is -0.508 e. The number of phenolic OH excluding ortho intramolecular Hbond substituents is 1. The van der Waals surface area contributed by atoms with Gasteiger partial charge in [0.05, 0.1) is 0 Å². The molecule has 0 amide bonds. The smallest absolute Gasteiger partial charge is 0.236 e. The van der Waals surface area contributed by atoms with E-state index in [1.54, 1.807) is 6.07 Å². The molecule has 0 atom stereocenters. The van der Waals surface area contributed by atoms with Gasteiger partial charge in [0.25, 0.3) is 0 Å². The van der Waals surface area contributed by atoms with Crippen LogP contribution in [0.1, 0.15) is 11.1 Å². The molecule has 0 aliphatic carbocycles. The van der Waals surface area contributed by atoms with Gasteiger partial charge in [-0.05, 0) is 17.7 Å². The van der Waals surface area contributed by atoms with Gasteiger partial charge in [-0.1, -0.05) is 6.07 Å². The molecule has 1 rings (SSSR count). The Morgan fingerprint density at radius 3 is 2.29 bits per heavy atom. The molecule has 0 heterocycles. The Morgan fingerprint density at radius 1 is 1.12 bits per heavy atom. The van der Waals surface area contributed by atoms with E-state index in [9.17, 15) is 14.7 Å². The van der Waals surface area contributed by atoms with Crippen LogP contribution < -0.4 is 0 Å². The van der Waals surface area contributed by atoms with Crippen molar-refractivity contribution in [2.45, 2.75) is 13.2 Å². The average Bonchev–Trinajstić information content (AvgIpc) is 2.26. The number of aromatic hydroxyl groups is 1. The van der Waals surface area contributed by atoms with Crippen LogP contribution in [0, 0.1) is 0 Å². The minimum absolute atomic E-state index is 0.0286. The Kier molecular flexibility index (Phi) is 4.63. The van der Waals surface area contributed by atoms with Crippen molar-refractivity contribution in [3.63, 3.8) is 0 Å². The summed E-state index contributed by atoms with van der Waals surface area (Å²) in [5, 5.41) is 9.46. The number of hydrogen-bond donors (Lipinski definition) is 1. The van der Waals surface area contributed by atoms with Gasteiger partial charge >= 0.3 is 0 Å². The first-order valence-corrected chi connectivity index (χ1v) is 4.64. The third kappa shape index (κ3) is 4.63. The van der Waals surface area contributed by atoms with Crippen LogP contribution in [0.3, 0.4) is 0 Å². The molecule has 17 heavy (non-hydrogen) atoms. The molecule has 7 heteroatoms. The highest BCUT2D eigenvalue weighted by Gasteiger charge is 2.05. The van der Waals surface area contributed by atoms with Crippen molar-refractivity contribution in [3.05, 3.63) is 29.3 Å². The van der Waals surface area contributed by atoms with Crippen LogP contribution in [-0.4, -0.2) is 32.5 Å². The SMILES string of the molecule is [B]C(=O)OCc1ccc(O)c(COC([B])=O)c1. The molecular weight excluding hydrogens is 222 g/mol. The van der Waals surface area contributed by atoms with Gasteiger partial charge in [0.15, 0.2) is 0 Å². The van der Waals surface area contributed by atoms with E-state index in [2.05, 4.69) is 9.47 Å². The summed E-state index contributed by atoms with van der Waals surface area (Å²) < 4.78 is 9.11. The van der Waals surface area contributed by atoms with Crippen LogP contribution in [-0.2, 0) is 22.7 Å². The third-order valence-electron chi connectivity index (χ3n) is 1.89. The molecule has 0 aliphatic heterocycles. The number of carbonyl (C=O) groups excluding carboxylic acids is 2. The van der Waals surface area contributed by atoms with E-state index >= 15 is 0 Å². The van der Waals surface area contributed by atoms with Gasteiger partial charge in [-0.15, -0.1) is 0 Å². The maximum absolute atomic E-state index is 10.4. The normalized spacial score (nSPS) is 9.65. The molecule has 1 aromatic rings. The summed E-state index contributed by atoms with van der Waals surface area (Å²) in [4.78, 5) is 20.8. The number of rotatable bonds is 4. The second-order valence-electron chi connectivity index (χ2n) is 3.18. The van der Waals surface area contributed by atoms with Gasteiger partial charge in [-0.2, -0.15) is 0 Å². The van der Waals surface area contributed by atoms with Crippen LogP contribution in [0.2, 0.25) is 0 Å². The van der Waals surface area contributed by atoms with E-state index in [1.807, 2.05) is 0 Å². The molecule has 0 fully saturated rings. The van der Waals surface area contributed by atoms with Crippen LogP contribution in [0.4, 0.5) is 9.59 Å². The zero-order valence-corrected chi connectivity index (χ0v) is 8.88. The molecule has 0 aliphatic rings. The van der Waals surface area contributed by atoms with Crippen LogP contribution in [0.5, 0.6) is 5.75 Å². The van der Waals surface area contributed by atoms with E-state index in [4.69, 9.17) is 15.7 Å². The molecule has 1 N–H and O–H groups in total. The van der Waals surface area contributed by atoms with Crippen molar-refractivity contribution in [1.29, 1.82) is 0 Å². The Balaban J connectivity index is 2.71. The second-order valence-corrected chi connectivity index (χ2v) is 3.18. The van der Waals surface area contributed by atoms with Crippen molar-refractivity contribution in [2.24, 2.45) is 0 Å². The Labute approximate surface area is 101 Å². The molecule has 0 saturated heterocycles. The fourth-order valence-corrected chi connectivity index (χ4v) is 1.15. The molecule has 0 saturated carbocycles. The first-order chi connectivity index (χ1) is 7.99. The molecule has 5 nitrogen and oxygen atoms in total. The largest absolute Gasteiger partial charge is 0.508 e. The zero-order chi connectivity index (χ0) is 12.8. The summed E-state index contributed by atoms with van der Waals surface area (Å²) in [5.74, 6) is -1.88. The van der Waals surface area contributed by atoms with Crippen LogP contribution in [0.25, 0.3) is 0 Å². The maximum atomic E-state index is 10.4. The van der Waals surface area contributed by atoms with Gasteiger partial charge < -0.3 is 14.6 Å². The van der Waals surface area contributed by atoms with E-state index in [-0.39, 0.29) is 19.0 Å². The van der Waals surface area contributed by atoms with Gasteiger partial charge in [-0.3, -0.25) is 9.59 Å². The third-order valence-corrected chi connectivity index (χ3v) is 1.89. The van der Waals surface area contributed by atoms with Gasteiger partial charge in [0, 0.05) is 5.56 Å². The monoisotopic (exact) mass is 230 g/mol. The molecule has 1 aromatic carbocycles. The number of hydrogen-bond acceptors (Lipinski definition) is 5. The first kappa shape index (κ1) is 13.2. The molecule has 4 radical (unpaired) electrons. The van der Waals surface area contributed by atoms with Crippen molar-refractivity contribution in [2.75, 3.05) is 0 Å². The Morgan fingerprint density at radius 2 is 1.71 bits per heavy atom. The van der Waals surface area contributed by atoms with Crippen LogP contribution >= 0.6 is 0 Å². The molecule has 0 spiro atoms. The number of carbonyl (C=O) groups is 2. The minimum atomic E-state index is -0.941. The Hall–Kier alpha value is -1.91. The molecule has 0 aromatic heterocycles. The van der Waals surface area contributed by atoms with E-state index in [1.165, 1.54) is 12.1 Å². The van der Waals surface area contributed by atoms with Crippen molar-refractivity contribution >= 4 is 27.4 Å². The predicted molar refractivity (Wildman–Crippen MR) is 60.0 cm³/mol. The van der Waals surface area contributed by atoms with Crippen molar-refractivity contribution in [3.8, 4) is 5.75 Å². The van der Waals surface area contributed by atoms with Gasteiger partial charge in [0.2, 0.25) is 27.4 Å². The summed E-state index contributed by atoms with van der Waals surface area (Å²) in [5.41, 5.74) is 0.957. The fourth-order valence-electron chi connectivity index (χ4n) is 1.15. The highest BCUT2D eigenvalue weighted by Crippen LogP contribution is 2.20. The summed E-state index contributed by atoms with van der Waals surface area (Å²) in [6.45, 7) is -0.190. The summed E-state index contributed by atoms with van der Waals surface area (Å²) >= 11 is 0. The quantitative estimate of drug-likeness (QED) is 0.780. The second kappa shape index (κ2) is 5.98. The molecule has 84 valence electrons. The number of ether oxygens (including phenoxy) is 2. The van der Waals surface area contributed by atoms with Gasteiger partial charge in [0.1, 0.15) is 19.0 Å².